The average molecular weight is 317 g/mol. The van der Waals surface area contributed by atoms with E-state index in [1.165, 1.54) is 12.1 Å². The van der Waals surface area contributed by atoms with Gasteiger partial charge in [-0.25, -0.2) is 8.78 Å². The molecule has 3 nitrogen and oxygen atoms in total. The van der Waals surface area contributed by atoms with Crippen LogP contribution in [-0.2, 0) is 16.0 Å². The van der Waals surface area contributed by atoms with Crippen molar-refractivity contribution >= 4 is 5.91 Å². The summed E-state index contributed by atoms with van der Waals surface area (Å²) in [7, 11) is 0. The normalized spacial score (nSPS) is 18.0. The molecule has 0 N–H and O–H groups in total. The number of halogens is 2. The third-order valence-electron chi connectivity index (χ3n) is 3.97. The zero-order valence-corrected chi connectivity index (χ0v) is 12.5. The molecule has 1 heterocycles. The lowest BCUT2D eigenvalue weighted by Gasteiger charge is -2.33. The van der Waals surface area contributed by atoms with Crippen LogP contribution in [0.15, 0.2) is 48.5 Å². The van der Waals surface area contributed by atoms with Gasteiger partial charge in [0, 0.05) is 12.1 Å². The highest BCUT2D eigenvalue weighted by molar-refractivity contribution is 5.79. The van der Waals surface area contributed by atoms with Crippen LogP contribution in [0.1, 0.15) is 17.2 Å². The van der Waals surface area contributed by atoms with E-state index in [0.717, 1.165) is 0 Å². The molecular weight excluding hydrogens is 300 g/mol. The van der Waals surface area contributed by atoms with E-state index < -0.39 is 6.10 Å². The molecule has 2 aromatic carbocycles. The summed E-state index contributed by atoms with van der Waals surface area (Å²) in [4.78, 5) is 14.0. The first-order valence-electron chi connectivity index (χ1n) is 7.52. The highest BCUT2D eigenvalue weighted by Crippen LogP contribution is 2.25. The number of morpholine rings is 1. The predicted octanol–water partition coefficient (Wildman–Crippen LogP) is 3.11. The SMILES string of the molecule is O=C(Cc1ccccc1F)N1CCOC(c2ccccc2F)C1. The molecule has 2 aromatic rings. The highest BCUT2D eigenvalue weighted by Gasteiger charge is 2.27. The van der Waals surface area contributed by atoms with E-state index in [-0.39, 0.29) is 30.5 Å². The third-order valence-corrected chi connectivity index (χ3v) is 3.97. The van der Waals surface area contributed by atoms with Crippen molar-refractivity contribution in [1.82, 2.24) is 4.90 Å². The Hall–Kier alpha value is -2.27. The molecule has 0 saturated carbocycles. The van der Waals surface area contributed by atoms with Crippen molar-refractivity contribution in [2.24, 2.45) is 0 Å². The number of benzene rings is 2. The molecule has 0 bridgehead atoms. The van der Waals surface area contributed by atoms with Crippen LogP contribution in [0.4, 0.5) is 8.78 Å². The van der Waals surface area contributed by atoms with Crippen molar-refractivity contribution in [3.05, 3.63) is 71.3 Å². The Labute approximate surface area is 133 Å². The summed E-state index contributed by atoms with van der Waals surface area (Å²) < 4.78 is 33.1. The zero-order chi connectivity index (χ0) is 16.2. The quantitative estimate of drug-likeness (QED) is 0.870. The first kappa shape index (κ1) is 15.6. The van der Waals surface area contributed by atoms with Crippen molar-refractivity contribution in [3.8, 4) is 0 Å². The summed E-state index contributed by atoms with van der Waals surface area (Å²) in [6.07, 6.45) is -0.494. The van der Waals surface area contributed by atoms with Crippen molar-refractivity contribution in [2.75, 3.05) is 19.7 Å². The first-order valence-corrected chi connectivity index (χ1v) is 7.52. The smallest absolute Gasteiger partial charge is 0.227 e. The van der Waals surface area contributed by atoms with Crippen molar-refractivity contribution in [1.29, 1.82) is 0 Å². The highest BCUT2D eigenvalue weighted by atomic mass is 19.1. The number of carbonyl (C=O) groups is 1. The van der Waals surface area contributed by atoms with Crippen LogP contribution >= 0.6 is 0 Å². The largest absolute Gasteiger partial charge is 0.370 e. The Morgan fingerprint density at radius 2 is 1.78 bits per heavy atom. The van der Waals surface area contributed by atoms with Gasteiger partial charge in [0.25, 0.3) is 0 Å². The molecule has 3 rings (SSSR count). The maximum absolute atomic E-state index is 13.9. The molecule has 1 unspecified atom stereocenters. The van der Waals surface area contributed by atoms with Gasteiger partial charge in [0.05, 0.1) is 19.6 Å². The molecule has 5 heteroatoms. The summed E-state index contributed by atoms with van der Waals surface area (Å²) in [6.45, 7) is 1.04. The fourth-order valence-corrected chi connectivity index (χ4v) is 2.72. The molecule has 1 fully saturated rings. The molecule has 1 aliphatic rings. The van der Waals surface area contributed by atoms with Gasteiger partial charge in [0.15, 0.2) is 0 Å². The van der Waals surface area contributed by atoms with Gasteiger partial charge in [-0.15, -0.1) is 0 Å². The molecule has 0 aromatic heterocycles. The van der Waals surface area contributed by atoms with Crippen LogP contribution in [-0.4, -0.2) is 30.5 Å². The molecule has 120 valence electrons. The molecule has 1 atom stereocenters. The minimum Gasteiger partial charge on any atom is -0.370 e. The molecule has 0 aliphatic carbocycles. The number of hydrogen-bond acceptors (Lipinski definition) is 2. The Kier molecular flexibility index (Phi) is 4.67. The van der Waals surface area contributed by atoms with Crippen LogP contribution in [0.25, 0.3) is 0 Å². The summed E-state index contributed by atoms with van der Waals surface area (Å²) >= 11 is 0. The molecule has 0 radical (unpaired) electrons. The van der Waals surface area contributed by atoms with E-state index in [0.29, 0.717) is 24.3 Å². The maximum Gasteiger partial charge on any atom is 0.227 e. The molecule has 23 heavy (non-hydrogen) atoms. The van der Waals surface area contributed by atoms with Crippen LogP contribution < -0.4 is 0 Å². The second kappa shape index (κ2) is 6.87. The number of nitrogens with zero attached hydrogens (tertiary/aromatic N) is 1. The fraction of sp³-hybridized carbons (Fsp3) is 0.278. The number of rotatable bonds is 3. The van der Waals surface area contributed by atoms with Gasteiger partial charge < -0.3 is 9.64 Å². The third kappa shape index (κ3) is 3.56. The van der Waals surface area contributed by atoms with Crippen molar-refractivity contribution < 1.29 is 18.3 Å². The number of hydrogen-bond donors (Lipinski definition) is 0. The minimum absolute atomic E-state index is 0.00331. The van der Waals surface area contributed by atoms with E-state index in [9.17, 15) is 13.6 Å². The number of ether oxygens (including phenoxy) is 1. The van der Waals surface area contributed by atoms with Crippen LogP contribution in [0.5, 0.6) is 0 Å². The summed E-state index contributed by atoms with van der Waals surface area (Å²) in [5.74, 6) is -0.916. The van der Waals surface area contributed by atoms with Crippen LogP contribution in [0, 0.1) is 11.6 Å². The standard InChI is InChI=1S/C18H17F2NO2/c19-15-7-3-1-5-13(15)11-18(22)21-9-10-23-17(12-21)14-6-2-4-8-16(14)20/h1-8,17H,9-12H2. The van der Waals surface area contributed by atoms with E-state index >= 15 is 0 Å². The second-order valence-electron chi connectivity index (χ2n) is 5.49. The topological polar surface area (TPSA) is 29.5 Å². The van der Waals surface area contributed by atoms with Crippen molar-refractivity contribution in [3.63, 3.8) is 0 Å². The average Bonchev–Trinajstić information content (AvgIpc) is 2.57. The fourth-order valence-electron chi connectivity index (χ4n) is 2.72. The van der Waals surface area contributed by atoms with Gasteiger partial charge in [0.2, 0.25) is 5.91 Å². The minimum atomic E-state index is -0.491. The monoisotopic (exact) mass is 317 g/mol. The Morgan fingerprint density at radius 1 is 1.09 bits per heavy atom. The van der Waals surface area contributed by atoms with E-state index in [1.54, 1.807) is 41.3 Å². The van der Waals surface area contributed by atoms with Gasteiger partial charge in [-0.05, 0) is 17.7 Å². The lowest BCUT2D eigenvalue weighted by molar-refractivity contribution is -0.138. The molecule has 1 amide bonds. The molecular formula is C18H17F2NO2. The Bertz CT molecular complexity index is 705. The van der Waals surface area contributed by atoms with Gasteiger partial charge in [-0.2, -0.15) is 0 Å². The molecule has 1 aliphatic heterocycles. The van der Waals surface area contributed by atoms with E-state index in [2.05, 4.69) is 0 Å². The summed E-state index contributed by atoms with van der Waals surface area (Å²) in [5.41, 5.74) is 0.808. The maximum atomic E-state index is 13.9. The molecule has 0 spiro atoms. The number of carbonyl (C=O) groups excluding carboxylic acids is 1. The van der Waals surface area contributed by atoms with Crippen LogP contribution in [0.2, 0.25) is 0 Å². The first-order chi connectivity index (χ1) is 11.1. The summed E-state index contributed by atoms with van der Waals surface area (Å²) in [5, 5.41) is 0. The Morgan fingerprint density at radius 3 is 2.52 bits per heavy atom. The Balaban J connectivity index is 1.70. The van der Waals surface area contributed by atoms with E-state index in [1.807, 2.05) is 0 Å². The van der Waals surface area contributed by atoms with Crippen molar-refractivity contribution in [2.45, 2.75) is 12.5 Å². The lowest BCUT2D eigenvalue weighted by atomic mass is 10.1. The van der Waals surface area contributed by atoms with Gasteiger partial charge >= 0.3 is 0 Å². The molecule has 1 saturated heterocycles. The lowest BCUT2D eigenvalue weighted by Crippen LogP contribution is -2.43. The second-order valence-corrected chi connectivity index (χ2v) is 5.49. The van der Waals surface area contributed by atoms with Gasteiger partial charge in [0.1, 0.15) is 17.7 Å². The number of amides is 1. The predicted molar refractivity (Wildman–Crippen MR) is 81.8 cm³/mol. The zero-order valence-electron chi connectivity index (χ0n) is 12.5. The van der Waals surface area contributed by atoms with Gasteiger partial charge in [-0.1, -0.05) is 36.4 Å². The van der Waals surface area contributed by atoms with Gasteiger partial charge in [-0.3, -0.25) is 4.79 Å². The van der Waals surface area contributed by atoms with E-state index in [4.69, 9.17) is 4.74 Å². The van der Waals surface area contributed by atoms with Crippen LogP contribution in [0.3, 0.4) is 0 Å². The summed E-state index contributed by atoms with van der Waals surface area (Å²) in [6, 6.07) is 12.6.